The fourth-order valence-corrected chi connectivity index (χ4v) is 3.51. The standard InChI is InChI=1S/C23H27NO.H3N/c1-5-17-11-12-22-21(20(17)6-2)9-8-10-23(22)25-19-14-16(4)13-18(15-19)24-7-3;/h8-15,24H,5-7H2,1-4H3;1H3. The Hall–Kier alpha value is -2.52. The fraction of sp³-hybridized carbons (Fsp3) is 0.304. The Balaban J connectivity index is 0.00000243. The third kappa shape index (κ3) is 4.00. The molecule has 3 aromatic rings. The molecule has 4 N–H and O–H groups in total. The molecular formula is C23H30N2O. The molecule has 3 nitrogen and oxygen atoms in total. The molecule has 0 fully saturated rings. The van der Waals surface area contributed by atoms with Crippen LogP contribution in [0.5, 0.6) is 11.5 Å². The third-order valence-corrected chi connectivity index (χ3v) is 4.62. The monoisotopic (exact) mass is 350 g/mol. The Kier molecular flexibility index (Phi) is 6.64. The number of rotatable bonds is 6. The van der Waals surface area contributed by atoms with Gasteiger partial charge < -0.3 is 16.2 Å². The zero-order chi connectivity index (χ0) is 17.8. The molecule has 0 amide bonds. The summed E-state index contributed by atoms with van der Waals surface area (Å²) in [5, 5.41) is 5.85. The third-order valence-electron chi connectivity index (χ3n) is 4.62. The topological polar surface area (TPSA) is 56.3 Å². The van der Waals surface area contributed by atoms with Crippen LogP contribution in [0.3, 0.4) is 0 Å². The number of nitrogens with one attached hydrogen (secondary N) is 1. The molecule has 138 valence electrons. The Morgan fingerprint density at radius 2 is 1.69 bits per heavy atom. The molecule has 3 aromatic carbocycles. The van der Waals surface area contributed by atoms with Gasteiger partial charge in [-0.05, 0) is 67.0 Å². The molecule has 3 rings (SSSR count). The van der Waals surface area contributed by atoms with Crippen molar-refractivity contribution in [3.8, 4) is 11.5 Å². The number of hydrogen-bond acceptors (Lipinski definition) is 3. The predicted octanol–water partition coefficient (Wildman–Crippen LogP) is 6.66. The number of fused-ring (bicyclic) bond motifs is 1. The van der Waals surface area contributed by atoms with E-state index in [4.69, 9.17) is 4.74 Å². The van der Waals surface area contributed by atoms with Gasteiger partial charge >= 0.3 is 0 Å². The summed E-state index contributed by atoms with van der Waals surface area (Å²) >= 11 is 0. The lowest BCUT2D eigenvalue weighted by Gasteiger charge is -2.15. The van der Waals surface area contributed by atoms with Crippen molar-refractivity contribution >= 4 is 16.5 Å². The van der Waals surface area contributed by atoms with Gasteiger partial charge in [0.25, 0.3) is 0 Å². The first kappa shape index (κ1) is 19.8. The SMILES string of the molecule is CCNc1cc(C)cc(Oc2cccc3c(CC)c(CC)ccc23)c1.N. The van der Waals surface area contributed by atoms with Crippen LogP contribution in [0.2, 0.25) is 0 Å². The summed E-state index contributed by atoms with van der Waals surface area (Å²) in [6.45, 7) is 9.54. The van der Waals surface area contributed by atoms with Gasteiger partial charge in [-0.1, -0.05) is 38.1 Å². The normalized spacial score (nSPS) is 10.5. The second-order valence-corrected chi connectivity index (χ2v) is 6.43. The zero-order valence-corrected chi connectivity index (χ0v) is 16.4. The lowest BCUT2D eigenvalue weighted by Crippen LogP contribution is -1.98. The molecule has 0 aliphatic heterocycles. The average molecular weight is 351 g/mol. The molecule has 3 heteroatoms. The number of ether oxygens (including phenoxy) is 1. The van der Waals surface area contributed by atoms with E-state index in [1.54, 1.807) is 0 Å². The van der Waals surface area contributed by atoms with E-state index in [9.17, 15) is 0 Å². The lowest BCUT2D eigenvalue weighted by atomic mass is 9.95. The molecule has 0 heterocycles. The van der Waals surface area contributed by atoms with Crippen LogP contribution in [-0.4, -0.2) is 6.54 Å². The van der Waals surface area contributed by atoms with E-state index in [1.165, 1.54) is 27.5 Å². The van der Waals surface area contributed by atoms with Gasteiger partial charge in [-0.2, -0.15) is 0 Å². The number of benzene rings is 3. The first-order chi connectivity index (χ1) is 12.2. The molecule has 0 aliphatic carbocycles. The Labute approximate surface area is 157 Å². The second-order valence-electron chi connectivity index (χ2n) is 6.43. The van der Waals surface area contributed by atoms with Crippen LogP contribution in [0.4, 0.5) is 5.69 Å². The Morgan fingerprint density at radius 1 is 0.885 bits per heavy atom. The van der Waals surface area contributed by atoms with E-state index in [0.717, 1.165) is 36.6 Å². The van der Waals surface area contributed by atoms with Gasteiger partial charge in [0.1, 0.15) is 11.5 Å². The molecule has 0 radical (unpaired) electrons. The first-order valence-electron chi connectivity index (χ1n) is 9.23. The highest BCUT2D eigenvalue weighted by Gasteiger charge is 2.10. The molecule has 0 bridgehead atoms. The maximum Gasteiger partial charge on any atom is 0.135 e. The highest BCUT2D eigenvalue weighted by molar-refractivity contribution is 5.92. The van der Waals surface area contributed by atoms with E-state index >= 15 is 0 Å². The molecule has 0 atom stereocenters. The largest absolute Gasteiger partial charge is 0.457 e. The van der Waals surface area contributed by atoms with Crippen LogP contribution < -0.4 is 16.2 Å². The minimum Gasteiger partial charge on any atom is -0.457 e. The average Bonchev–Trinajstić information content (AvgIpc) is 2.60. The van der Waals surface area contributed by atoms with Crippen molar-refractivity contribution in [3.05, 3.63) is 65.2 Å². The van der Waals surface area contributed by atoms with Gasteiger partial charge in [0.15, 0.2) is 0 Å². The minimum atomic E-state index is 0. The predicted molar refractivity (Wildman–Crippen MR) is 113 cm³/mol. The van der Waals surface area contributed by atoms with Gasteiger partial charge in [-0.3, -0.25) is 0 Å². The van der Waals surface area contributed by atoms with Crippen LogP contribution in [0.25, 0.3) is 10.8 Å². The Bertz CT molecular complexity index is 887. The van der Waals surface area contributed by atoms with Crippen LogP contribution in [0.15, 0.2) is 48.5 Å². The number of hydrogen-bond donors (Lipinski definition) is 2. The maximum atomic E-state index is 6.29. The molecule has 26 heavy (non-hydrogen) atoms. The second kappa shape index (κ2) is 8.72. The smallest absolute Gasteiger partial charge is 0.135 e. The molecule has 0 unspecified atom stereocenters. The molecule has 0 saturated carbocycles. The Morgan fingerprint density at radius 3 is 2.38 bits per heavy atom. The summed E-state index contributed by atoms with van der Waals surface area (Å²) in [5.41, 5.74) is 5.15. The number of anilines is 1. The summed E-state index contributed by atoms with van der Waals surface area (Å²) in [5.74, 6) is 1.80. The van der Waals surface area contributed by atoms with Crippen molar-refractivity contribution in [2.45, 2.75) is 40.5 Å². The van der Waals surface area contributed by atoms with Gasteiger partial charge in [0.2, 0.25) is 0 Å². The van der Waals surface area contributed by atoms with Crippen LogP contribution in [0.1, 0.15) is 37.5 Å². The fourth-order valence-electron chi connectivity index (χ4n) is 3.51. The molecule has 0 aliphatic rings. The quantitative estimate of drug-likeness (QED) is 0.522. The van der Waals surface area contributed by atoms with Gasteiger partial charge in [-0.25, -0.2) is 0 Å². The van der Waals surface area contributed by atoms with Crippen molar-refractivity contribution in [3.63, 3.8) is 0 Å². The summed E-state index contributed by atoms with van der Waals surface area (Å²) in [4.78, 5) is 0. The van der Waals surface area contributed by atoms with Crippen LogP contribution in [-0.2, 0) is 12.8 Å². The van der Waals surface area contributed by atoms with Crippen molar-refractivity contribution < 1.29 is 4.74 Å². The van der Waals surface area contributed by atoms with Gasteiger partial charge in [0.05, 0.1) is 0 Å². The maximum absolute atomic E-state index is 6.29. The van der Waals surface area contributed by atoms with Crippen LogP contribution >= 0.6 is 0 Å². The molecule has 0 spiro atoms. The number of aryl methyl sites for hydroxylation is 3. The summed E-state index contributed by atoms with van der Waals surface area (Å²) < 4.78 is 6.29. The van der Waals surface area contributed by atoms with E-state index in [2.05, 4.69) is 81.5 Å². The van der Waals surface area contributed by atoms with Crippen molar-refractivity contribution in [2.24, 2.45) is 0 Å². The van der Waals surface area contributed by atoms with Crippen molar-refractivity contribution in [1.82, 2.24) is 6.15 Å². The molecular weight excluding hydrogens is 320 g/mol. The van der Waals surface area contributed by atoms with E-state index in [-0.39, 0.29) is 6.15 Å². The van der Waals surface area contributed by atoms with Gasteiger partial charge in [-0.15, -0.1) is 0 Å². The van der Waals surface area contributed by atoms with E-state index in [0.29, 0.717) is 0 Å². The van der Waals surface area contributed by atoms with Crippen molar-refractivity contribution in [1.29, 1.82) is 0 Å². The highest BCUT2D eigenvalue weighted by atomic mass is 16.5. The summed E-state index contributed by atoms with van der Waals surface area (Å²) in [7, 11) is 0. The van der Waals surface area contributed by atoms with Crippen molar-refractivity contribution in [2.75, 3.05) is 11.9 Å². The first-order valence-corrected chi connectivity index (χ1v) is 9.23. The summed E-state index contributed by atoms with van der Waals surface area (Å²) in [6.07, 6.45) is 2.10. The van der Waals surface area contributed by atoms with Gasteiger partial charge in [0, 0.05) is 23.7 Å². The highest BCUT2D eigenvalue weighted by Crippen LogP contribution is 2.34. The molecule has 0 saturated heterocycles. The lowest BCUT2D eigenvalue weighted by molar-refractivity contribution is 0.488. The minimum absolute atomic E-state index is 0. The van der Waals surface area contributed by atoms with E-state index < -0.39 is 0 Å². The van der Waals surface area contributed by atoms with Crippen LogP contribution in [0, 0.1) is 6.92 Å². The van der Waals surface area contributed by atoms with E-state index in [1.807, 2.05) is 0 Å². The molecule has 0 aromatic heterocycles. The zero-order valence-electron chi connectivity index (χ0n) is 16.4. The summed E-state index contributed by atoms with van der Waals surface area (Å²) in [6, 6.07) is 17.1.